The molecule has 1 aliphatic heterocycles. The predicted molar refractivity (Wildman–Crippen MR) is 93.1 cm³/mol. The molecule has 0 amide bonds. The first-order valence-corrected chi connectivity index (χ1v) is 9.41. The molecular formula is C19H37NO2. The van der Waals surface area contributed by atoms with Crippen molar-refractivity contribution >= 4 is 5.97 Å². The van der Waals surface area contributed by atoms with Crippen LogP contribution in [0.1, 0.15) is 91.4 Å². The van der Waals surface area contributed by atoms with E-state index in [2.05, 4.69) is 4.90 Å². The van der Waals surface area contributed by atoms with Crippen molar-refractivity contribution in [1.82, 2.24) is 4.90 Å². The second kappa shape index (κ2) is 11.0. The van der Waals surface area contributed by atoms with Crippen LogP contribution in [-0.4, -0.2) is 36.1 Å². The maximum Gasteiger partial charge on any atom is 0.306 e. The molecule has 0 spiro atoms. The summed E-state index contributed by atoms with van der Waals surface area (Å²) < 4.78 is 5.31. The van der Waals surface area contributed by atoms with Crippen molar-refractivity contribution in [3.63, 3.8) is 0 Å². The molecule has 22 heavy (non-hydrogen) atoms. The average Bonchev–Trinajstić information content (AvgIpc) is 2.44. The normalized spacial score (nSPS) is 16.7. The van der Waals surface area contributed by atoms with Gasteiger partial charge in [-0.1, -0.05) is 38.5 Å². The number of carbonyl (C=O) groups excluding carboxylic acids is 1. The van der Waals surface area contributed by atoms with E-state index in [1.807, 2.05) is 20.8 Å². The molecule has 1 fully saturated rings. The largest absolute Gasteiger partial charge is 0.460 e. The monoisotopic (exact) mass is 311 g/mol. The van der Waals surface area contributed by atoms with Crippen molar-refractivity contribution in [1.29, 1.82) is 0 Å². The van der Waals surface area contributed by atoms with E-state index in [1.165, 1.54) is 71.0 Å². The lowest BCUT2D eigenvalue weighted by molar-refractivity contribution is -0.154. The Hall–Kier alpha value is -0.570. The Morgan fingerprint density at radius 3 is 2.00 bits per heavy atom. The molecule has 0 aromatic heterocycles. The van der Waals surface area contributed by atoms with Gasteiger partial charge in [0.05, 0.1) is 0 Å². The Kier molecular flexibility index (Phi) is 9.77. The van der Waals surface area contributed by atoms with Crippen LogP contribution >= 0.6 is 0 Å². The third-order valence-electron chi connectivity index (χ3n) is 4.22. The van der Waals surface area contributed by atoms with Gasteiger partial charge in [0.15, 0.2) is 0 Å². The second-order valence-electron chi connectivity index (χ2n) is 7.71. The second-order valence-corrected chi connectivity index (χ2v) is 7.71. The quantitative estimate of drug-likeness (QED) is 0.423. The van der Waals surface area contributed by atoms with Gasteiger partial charge >= 0.3 is 5.97 Å². The van der Waals surface area contributed by atoms with Gasteiger partial charge in [0.25, 0.3) is 0 Å². The van der Waals surface area contributed by atoms with Crippen molar-refractivity contribution in [2.45, 2.75) is 97.0 Å². The Morgan fingerprint density at radius 2 is 1.41 bits per heavy atom. The third-order valence-corrected chi connectivity index (χ3v) is 4.22. The molecule has 1 heterocycles. The minimum absolute atomic E-state index is 0.0472. The number of hydrogen-bond donors (Lipinski definition) is 0. The van der Waals surface area contributed by atoms with Crippen molar-refractivity contribution in [3.8, 4) is 0 Å². The molecule has 130 valence electrons. The van der Waals surface area contributed by atoms with Crippen LogP contribution in [0.4, 0.5) is 0 Å². The zero-order valence-corrected chi connectivity index (χ0v) is 15.2. The topological polar surface area (TPSA) is 29.5 Å². The summed E-state index contributed by atoms with van der Waals surface area (Å²) in [5, 5.41) is 0. The summed E-state index contributed by atoms with van der Waals surface area (Å²) in [6, 6.07) is 0. The van der Waals surface area contributed by atoms with Gasteiger partial charge in [-0.25, -0.2) is 0 Å². The molecule has 1 saturated heterocycles. The summed E-state index contributed by atoms with van der Waals surface area (Å²) in [4.78, 5) is 14.2. The summed E-state index contributed by atoms with van der Waals surface area (Å²) in [5.74, 6) is -0.0472. The number of ether oxygens (including phenoxy) is 1. The third kappa shape index (κ3) is 11.1. The number of carbonyl (C=O) groups is 1. The number of hydrogen-bond acceptors (Lipinski definition) is 3. The van der Waals surface area contributed by atoms with Crippen LogP contribution in [0.3, 0.4) is 0 Å². The summed E-state index contributed by atoms with van der Waals surface area (Å²) >= 11 is 0. The lowest BCUT2D eigenvalue weighted by atomic mass is 10.1. The molecule has 1 aliphatic rings. The van der Waals surface area contributed by atoms with Gasteiger partial charge in [-0.05, 0) is 66.1 Å². The predicted octanol–water partition coefficient (Wildman–Crippen LogP) is 4.93. The molecule has 0 bridgehead atoms. The molecule has 3 nitrogen and oxygen atoms in total. The summed E-state index contributed by atoms with van der Waals surface area (Å²) in [6.07, 6.45) is 13.6. The van der Waals surface area contributed by atoms with E-state index in [9.17, 15) is 4.79 Å². The van der Waals surface area contributed by atoms with Gasteiger partial charge in [-0.2, -0.15) is 0 Å². The van der Waals surface area contributed by atoms with Crippen molar-refractivity contribution < 1.29 is 9.53 Å². The summed E-state index contributed by atoms with van der Waals surface area (Å²) in [5.41, 5.74) is -0.342. The highest BCUT2D eigenvalue weighted by Gasteiger charge is 2.15. The summed E-state index contributed by atoms with van der Waals surface area (Å²) in [6.45, 7) is 9.73. The van der Waals surface area contributed by atoms with Gasteiger partial charge in [-0.15, -0.1) is 0 Å². The summed E-state index contributed by atoms with van der Waals surface area (Å²) in [7, 11) is 0. The molecule has 0 N–H and O–H groups in total. The molecule has 0 atom stereocenters. The van der Waals surface area contributed by atoms with Gasteiger partial charge in [0, 0.05) is 6.42 Å². The fraction of sp³-hybridized carbons (Fsp3) is 0.947. The van der Waals surface area contributed by atoms with E-state index in [0.717, 1.165) is 12.8 Å². The van der Waals surface area contributed by atoms with Crippen LogP contribution in [0.15, 0.2) is 0 Å². The van der Waals surface area contributed by atoms with E-state index in [0.29, 0.717) is 6.42 Å². The van der Waals surface area contributed by atoms with Crippen LogP contribution < -0.4 is 0 Å². The lowest BCUT2D eigenvalue weighted by Crippen LogP contribution is -2.30. The molecule has 0 aliphatic carbocycles. The van der Waals surface area contributed by atoms with Crippen molar-refractivity contribution in [2.24, 2.45) is 0 Å². The first-order chi connectivity index (χ1) is 10.5. The van der Waals surface area contributed by atoms with Crippen LogP contribution in [0.2, 0.25) is 0 Å². The average molecular weight is 312 g/mol. The number of nitrogens with zero attached hydrogens (tertiary/aromatic N) is 1. The number of unbranched alkanes of at least 4 members (excludes halogenated alkanes) is 6. The maximum atomic E-state index is 11.6. The molecule has 3 heteroatoms. The number of piperidine rings is 1. The zero-order valence-electron chi connectivity index (χ0n) is 15.2. The van der Waals surface area contributed by atoms with Gasteiger partial charge in [-0.3, -0.25) is 4.79 Å². The SMILES string of the molecule is CC(C)(C)OC(=O)CCCCCCCCCN1CCCCC1. The fourth-order valence-electron chi connectivity index (χ4n) is 3.06. The Bertz CT molecular complexity index is 290. The number of rotatable bonds is 10. The van der Waals surface area contributed by atoms with Crippen LogP contribution in [0, 0.1) is 0 Å². The number of esters is 1. The molecule has 0 radical (unpaired) electrons. The van der Waals surface area contributed by atoms with E-state index >= 15 is 0 Å². The Labute approximate surface area is 137 Å². The highest BCUT2D eigenvalue weighted by Crippen LogP contribution is 2.13. The van der Waals surface area contributed by atoms with E-state index in [1.54, 1.807) is 0 Å². The van der Waals surface area contributed by atoms with Gasteiger partial charge < -0.3 is 9.64 Å². The van der Waals surface area contributed by atoms with E-state index in [-0.39, 0.29) is 11.6 Å². The smallest absolute Gasteiger partial charge is 0.306 e. The highest BCUT2D eigenvalue weighted by molar-refractivity contribution is 5.69. The standard InChI is InChI=1S/C19H37NO2/c1-19(2,3)22-18(21)14-10-7-5-4-6-8-11-15-20-16-12-9-13-17-20/h4-17H2,1-3H3. The van der Waals surface area contributed by atoms with E-state index < -0.39 is 0 Å². The first kappa shape index (κ1) is 19.5. The number of likely N-dealkylation sites (tertiary alicyclic amines) is 1. The van der Waals surface area contributed by atoms with Crippen molar-refractivity contribution in [2.75, 3.05) is 19.6 Å². The van der Waals surface area contributed by atoms with E-state index in [4.69, 9.17) is 4.74 Å². The minimum atomic E-state index is -0.342. The van der Waals surface area contributed by atoms with Crippen LogP contribution in [0.5, 0.6) is 0 Å². The van der Waals surface area contributed by atoms with Gasteiger partial charge in [0.2, 0.25) is 0 Å². The minimum Gasteiger partial charge on any atom is -0.460 e. The maximum absolute atomic E-state index is 11.6. The first-order valence-electron chi connectivity index (χ1n) is 9.41. The fourth-order valence-corrected chi connectivity index (χ4v) is 3.06. The molecular weight excluding hydrogens is 274 g/mol. The molecule has 0 aromatic carbocycles. The Balaban J connectivity index is 1.82. The van der Waals surface area contributed by atoms with Crippen molar-refractivity contribution in [3.05, 3.63) is 0 Å². The zero-order chi connectivity index (χ0) is 16.3. The molecule has 1 rings (SSSR count). The lowest BCUT2D eigenvalue weighted by Gasteiger charge is -2.26. The molecule has 0 saturated carbocycles. The highest BCUT2D eigenvalue weighted by atomic mass is 16.6. The van der Waals surface area contributed by atoms with Gasteiger partial charge in [0.1, 0.15) is 5.60 Å². The van der Waals surface area contributed by atoms with Crippen LogP contribution in [-0.2, 0) is 9.53 Å². The molecule has 0 aromatic rings. The Morgan fingerprint density at radius 1 is 0.864 bits per heavy atom. The van der Waals surface area contributed by atoms with Crippen LogP contribution in [0.25, 0.3) is 0 Å². The molecule has 0 unspecified atom stereocenters.